The van der Waals surface area contributed by atoms with E-state index in [1.54, 1.807) is 5.57 Å². The zero-order valence-corrected chi connectivity index (χ0v) is 17.8. The van der Waals surface area contributed by atoms with Crippen LogP contribution in [0.1, 0.15) is 65.2 Å². The van der Waals surface area contributed by atoms with E-state index in [-0.39, 0.29) is 0 Å². The molecular formula is C24H36OS. The molecule has 2 saturated carbocycles. The van der Waals surface area contributed by atoms with E-state index in [1.165, 1.54) is 62.7 Å². The number of fused-ring (bicyclic) bond motifs is 5. The Kier molecular flexibility index (Phi) is 5.20. The quantitative estimate of drug-likeness (QED) is 0.505. The van der Waals surface area contributed by atoms with E-state index in [0.717, 1.165) is 18.4 Å². The lowest BCUT2D eigenvalue weighted by Gasteiger charge is -2.55. The van der Waals surface area contributed by atoms with Gasteiger partial charge in [0.15, 0.2) is 0 Å². The van der Waals surface area contributed by atoms with E-state index in [4.69, 9.17) is 4.74 Å². The predicted octanol–water partition coefficient (Wildman–Crippen LogP) is 6.56. The van der Waals surface area contributed by atoms with Gasteiger partial charge in [0.25, 0.3) is 0 Å². The van der Waals surface area contributed by atoms with Crippen LogP contribution in [-0.4, -0.2) is 24.7 Å². The van der Waals surface area contributed by atoms with Crippen LogP contribution in [0.5, 0.6) is 0 Å². The molecule has 0 N–H and O–H groups in total. The molecule has 0 saturated heterocycles. The first-order chi connectivity index (χ1) is 12.5. The van der Waals surface area contributed by atoms with Crippen molar-refractivity contribution in [3.8, 4) is 0 Å². The summed E-state index contributed by atoms with van der Waals surface area (Å²) in [6.45, 7) is 9.93. The number of allylic oxidation sites excluding steroid dienone is 4. The van der Waals surface area contributed by atoms with Gasteiger partial charge >= 0.3 is 0 Å². The minimum atomic E-state index is 0.352. The van der Waals surface area contributed by atoms with Crippen LogP contribution in [0.15, 0.2) is 35.5 Å². The van der Waals surface area contributed by atoms with Gasteiger partial charge in [0.2, 0.25) is 0 Å². The zero-order valence-electron chi connectivity index (χ0n) is 17.0. The van der Waals surface area contributed by atoms with Crippen molar-refractivity contribution in [3.05, 3.63) is 35.5 Å². The lowest BCUT2D eigenvalue weighted by atomic mass is 9.50. The molecule has 0 aromatic rings. The van der Waals surface area contributed by atoms with E-state index >= 15 is 0 Å². The van der Waals surface area contributed by atoms with Crippen LogP contribution in [0.3, 0.4) is 0 Å². The van der Waals surface area contributed by atoms with E-state index in [1.807, 2.05) is 17.3 Å². The van der Waals surface area contributed by atoms with Gasteiger partial charge in [-0.1, -0.05) is 42.4 Å². The molecule has 1 nitrogen and oxygen atoms in total. The Morgan fingerprint density at radius 2 is 2.12 bits per heavy atom. The maximum Gasteiger partial charge on any atom is 0.0759 e. The lowest BCUT2D eigenvalue weighted by Crippen LogP contribution is -2.45. The van der Waals surface area contributed by atoms with Crippen LogP contribution in [0.25, 0.3) is 0 Å². The number of ether oxygens (including phenoxy) is 1. The van der Waals surface area contributed by atoms with Crippen molar-refractivity contribution in [2.45, 2.75) is 71.3 Å². The fraction of sp³-hybridized carbons (Fsp3) is 0.750. The van der Waals surface area contributed by atoms with Crippen molar-refractivity contribution in [3.63, 3.8) is 0 Å². The van der Waals surface area contributed by atoms with Crippen LogP contribution in [-0.2, 0) is 4.74 Å². The highest BCUT2D eigenvalue weighted by atomic mass is 32.2. The van der Waals surface area contributed by atoms with Crippen LogP contribution < -0.4 is 0 Å². The molecule has 0 aliphatic heterocycles. The molecule has 2 fully saturated rings. The smallest absolute Gasteiger partial charge is 0.0759 e. The van der Waals surface area contributed by atoms with Gasteiger partial charge < -0.3 is 4.74 Å². The van der Waals surface area contributed by atoms with Gasteiger partial charge in [-0.25, -0.2) is 0 Å². The summed E-state index contributed by atoms with van der Waals surface area (Å²) in [4.78, 5) is 0. The Morgan fingerprint density at radius 3 is 2.88 bits per heavy atom. The van der Waals surface area contributed by atoms with Crippen LogP contribution in [0, 0.1) is 22.7 Å². The van der Waals surface area contributed by atoms with E-state index in [9.17, 15) is 0 Å². The molecule has 5 atom stereocenters. The largest absolute Gasteiger partial charge is 0.374 e. The molecule has 0 spiro atoms. The summed E-state index contributed by atoms with van der Waals surface area (Å²) in [5.74, 6) is 2.91. The Labute approximate surface area is 164 Å². The average molecular weight is 373 g/mol. The fourth-order valence-corrected chi connectivity index (χ4v) is 7.32. The highest BCUT2D eigenvalue weighted by molar-refractivity contribution is 7.98. The second kappa shape index (κ2) is 7.17. The van der Waals surface area contributed by atoms with Gasteiger partial charge in [-0.15, -0.1) is 0 Å². The summed E-state index contributed by atoms with van der Waals surface area (Å²) in [5.41, 5.74) is 5.80. The fourth-order valence-electron chi connectivity index (χ4n) is 6.77. The van der Waals surface area contributed by atoms with Crippen LogP contribution in [0.4, 0.5) is 0 Å². The van der Waals surface area contributed by atoms with Crippen molar-refractivity contribution < 1.29 is 4.74 Å². The molecule has 144 valence electrons. The van der Waals surface area contributed by atoms with Gasteiger partial charge in [0, 0.05) is 12.0 Å². The number of hydrogen-bond acceptors (Lipinski definition) is 2. The molecule has 0 heterocycles. The van der Waals surface area contributed by atoms with Gasteiger partial charge in [-0.3, -0.25) is 0 Å². The first kappa shape index (κ1) is 18.9. The predicted molar refractivity (Wildman–Crippen MR) is 114 cm³/mol. The molecule has 4 aliphatic carbocycles. The molecular weight excluding hydrogens is 336 g/mol. The average Bonchev–Trinajstić information content (AvgIpc) is 2.95. The second-order valence-electron chi connectivity index (χ2n) is 9.22. The third-order valence-electron chi connectivity index (χ3n) is 8.26. The SMILES string of the molecule is C=C1CC[C@H]2[C@@H]3CCC4=CC(OCC)CC[C@]4(CCSC)C3=CC[C@]12C. The van der Waals surface area contributed by atoms with E-state index in [2.05, 4.69) is 38.8 Å². The minimum absolute atomic E-state index is 0.352. The van der Waals surface area contributed by atoms with Crippen molar-refractivity contribution in [1.29, 1.82) is 0 Å². The Hall–Kier alpha value is -0.470. The lowest BCUT2D eigenvalue weighted by molar-refractivity contribution is 0.0615. The molecule has 0 amide bonds. The van der Waals surface area contributed by atoms with Gasteiger partial charge in [-0.2, -0.15) is 11.8 Å². The van der Waals surface area contributed by atoms with Crippen molar-refractivity contribution in [1.82, 2.24) is 0 Å². The third kappa shape index (κ3) is 2.78. The summed E-state index contributed by atoms with van der Waals surface area (Å²) >= 11 is 2.02. The summed E-state index contributed by atoms with van der Waals surface area (Å²) < 4.78 is 6.00. The molecule has 0 radical (unpaired) electrons. The summed E-state index contributed by atoms with van der Waals surface area (Å²) in [6, 6.07) is 0. The Bertz CT molecular complexity index is 632. The minimum Gasteiger partial charge on any atom is -0.374 e. The Morgan fingerprint density at radius 1 is 1.27 bits per heavy atom. The zero-order chi connectivity index (χ0) is 18.4. The molecule has 4 rings (SSSR count). The molecule has 0 bridgehead atoms. The van der Waals surface area contributed by atoms with Gasteiger partial charge in [0.05, 0.1) is 6.10 Å². The molecule has 4 aliphatic rings. The summed E-state index contributed by atoms with van der Waals surface area (Å²) in [5, 5.41) is 0. The van der Waals surface area contributed by atoms with E-state index in [0.29, 0.717) is 16.9 Å². The van der Waals surface area contributed by atoms with Crippen LogP contribution >= 0.6 is 11.8 Å². The summed E-state index contributed by atoms with van der Waals surface area (Å²) in [6.07, 6.45) is 18.2. The Balaban J connectivity index is 1.72. The first-order valence-corrected chi connectivity index (χ1v) is 12.1. The van der Waals surface area contributed by atoms with E-state index < -0.39 is 0 Å². The third-order valence-corrected chi connectivity index (χ3v) is 8.88. The first-order valence-electron chi connectivity index (χ1n) is 10.8. The molecule has 2 heteroatoms. The standard InChI is InChI=1S/C24H36OS/c1-5-25-19-10-13-24(14-15-26-4)18(16-19)7-8-20-21-9-6-17(2)23(21,3)12-11-22(20)24/h11,16,19-21H,2,5-10,12-15H2,1,3-4H3/t19?,20-,21-,23+,24+/m0/s1. The van der Waals surface area contributed by atoms with Gasteiger partial charge in [0.1, 0.15) is 0 Å². The van der Waals surface area contributed by atoms with Crippen molar-refractivity contribution in [2.75, 3.05) is 18.6 Å². The monoisotopic (exact) mass is 372 g/mol. The van der Waals surface area contributed by atoms with Gasteiger partial charge in [-0.05, 0) is 87.5 Å². The van der Waals surface area contributed by atoms with Crippen molar-refractivity contribution >= 4 is 11.8 Å². The number of thioether (sulfide) groups is 1. The highest BCUT2D eigenvalue weighted by Crippen LogP contribution is 2.65. The summed E-state index contributed by atoms with van der Waals surface area (Å²) in [7, 11) is 0. The highest BCUT2D eigenvalue weighted by Gasteiger charge is 2.54. The number of rotatable bonds is 5. The topological polar surface area (TPSA) is 9.23 Å². The molecule has 0 aromatic carbocycles. The molecule has 0 aromatic heterocycles. The normalized spacial score (nSPS) is 41.8. The number of hydrogen-bond donors (Lipinski definition) is 0. The van der Waals surface area contributed by atoms with Crippen molar-refractivity contribution in [2.24, 2.45) is 22.7 Å². The second-order valence-corrected chi connectivity index (χ2v) is 10.2. The van der Waals surface area contributed by atoms with Crippen LogP contribution in [0.2, 0.25) is 0 Å². The molecule has 1 unspecified atom stereocenters. The maximum absolute atomic E-state index is 6.00. The molecule has 26 heavy (non-hydrogen) atoms. The maximum atomic E-state index is 6.00.